The molecule has 0 saturated heterocycles. The van der Waals surface area contributed by atoms with E-state index in [1.54, 1.807) is 42.4 Å². The molecule has 19 heavy (non-hydrogen) atoms. The number of hydrogen-bond donors (Lipinski definition) is 0. The van der Waals surface area contributed by atoms with Crippen molar-refractivity contribution in [3.05, 3.63) is 54.3 Å². The van der Waals surface area contributed by atoms with Gasteiger partial charge in [0.25, 0.3) is 0 Å². The smallest absolute Gasteiger partial charge is 0.323 e. The zero-order valence-electron chi connectivity index (χ0n) is 10.7. The van der Waals surface area contributed by atoms with E-state index >= 15 is 0 Å². The van der Waals surface area contributed by atoms with Gasteiger partial charge in [-0.15, -0.1) is 4.33 Å². The second-order valence-electron chi connectivity index (χ2n) is 4.21. The summed E-state index contributed by atoms with van der Waals surface area (Å²) in [7, 11) is -2.15. The third kappa shape index (κ3) is 3.44. The van der Waals surface area contributed by atoms with Crippen molar-refractivity contribution < 1.29 is 17.6 Å². The lowest BCUT2D eigenvalue weighted by atomic mass is 10.2. The van der Waals surface area contributed by atoms with Crippen LogP contribution in [0.15, 0.2) is 53.6 Å². The molecule has 0 fully saturated rings. The lowest BCUT2D eigenvalue weighted by molar-refractivity contribution is -0.254. The molecule has 0 N–H and O–H groups in total. The van der Waals surface area contributed by atoms with Gasteiger partial charge in [0.2, 0.25) is 0 Å². The quantitative estimate of drug-likeness (QED) is 0.624. The minimum atomic E-state index is -3.91. The lowest BCUT2D eigenvalue weighted by Gasteiger charge is -2.24. The standard InChI is InChI=1S/C13H15NO4S/c1-11-6-8-12(9-7-11)19(15,16)18-17-13-5-3-4-10-14(13)2/h3-10,13H,1-2H3. The largest absolute Gasteiger partial charge is 0.350 e. The van der Waals surface area contributed by atoms with Crippen LogP contribution >= 0.6 is 0 Å². The highest BCUT2D eigenvalue weighted by atomic mass is 32.2. The predicted molar refractivity (Wildman–Crippen MR) is 70.4 cm³/mol. The molecule has 6 heteroatoms. The molecule has 0 bridgehead atoms. The molecular weight excluding hydrogens is 266 g/mol. The van der Waals surface area contributed by atoms with Gasteiger partial charge in [0.15, 0.2) is 6.23 Å². The van der Waals surface area contributed by atoms with Crippen molar-refractivity contribution in [3.63, 3.8) is 0 Å². The van der Waals surface area contributed by atoms with Crippen LogP contribution in [0, 0.1) is 6.92 Å². The molecule has 0 aliphatic carbocycles. The number of rotatable bonds is 4. The minimum absolute atomic E-state index is 0.0658. The Morgan fingerprint density at radius 2 is 1.84 bits per heavy atom. The Bertz CT molecular complexity index is 590. The minimum Gasteiger partial charge on any atom is -0.350 e. The summed E-state index contributed by atoms with van der Waals surface area (Å²) < 4.78 is 28.4. The first kappa shape index (κ1) is 13.8. The highest BCUT2D eigenvalue weighted by molar-refractivity contribution is 7.86. The highest BCUT2D eigenvalue weighted by Gasteiger charge is 2.20. The molecule has 5 nitrogen and oxygen atoms in total. The monoisotopic (exact) mass is 281 g/mol. The highest BCUT2D eigenvalue weighted by Crippen LogP contribution is 2.16. The van der Waals surface area contributed by atoms with Crippen LogP contribution in [-0.4, -0.2) is 26.6 Å². The first-order chi connectivity index (χ1) is 8.99. The number of hydrogen-bond acceptors (Lipinski definition) is 5. The molecule has 1 aliphatic heterocycles. The summed E-state index contributed by atoms with van der Waals surface area (Å²) in [6.07, 6.45) is 6.45. The van der Waals surface area contributed by atoms with Crippen molar-refractivity contribution in [1.82, 2.24) is 4.90 Å². The van der Waals surface area contributed by atoms with Crippen LogP contribution in [0.5, 0.6) is 0 Å². The van der Waals surface area contributed by atoms with Gasteiger partial charge in [0, 0.05) is 13.2 Å². The van der Waals surface area contributed by atoms with E-state index in [0.717, 1.165) is 5.56 Å². The molecule has 1 aromatic rings. The maximum absolute atomic E-state index is 11.9. The Morgan fingerprint density at radius 1 is 1.16 bits per heavy atom. The average Bonchev–Trinajstić information content (AvgIpc) is 2.38. The van der Waals surface area contributed by atoms with Crippen LogP contribution in [0.25, 0.3) is 0 Å². The summed E-state index contributed by atoms with van der Waals surface area (Å²) in [5, 5.41) is 0. The second kappa shape index (κ2) is 5.56. The molecule has 2 rings (SSSR count). The average molecular weight is 281 g/mol. The van der Waals surface area contributed by atoms with Crippen LogP contribution < -0.4 is 0 Å². The van der Waals surface area contributed by atoms with Crippen molar-refractivity contribution in [2.75, 3.05) is 7.05 Å². The first-order valence-corrected chi connectivity index (χ1v) is 7.13. The van der Waals surface area contributed by atoms with Crippen molar-refractivity contribution in [2.45, 2.75) is 18.0 Å². The SMILES string of the molecule is Cc1ccc(S(=O)(=O)OOC2C=CC=CN2C)cc1. The Morgan fingerprint density at radius 3 is 2.47 bits per heavy atom. The fourth-order valence-corrected chi connectivity index (χ4v) is 2.23. The fourth-order valence-electron chi connectivity index (χ4n) is 1.50. The molecule has 0 spiro atoms. The predicted octanol–water partition coefficient (Wildman–Crippen LogP) is 1.97. The summed E-state index contributed by atoms with van der Waals surface area (Å²) in [6, 6.07) is 6.36. The van der Waals surface area contributed by atoms with E-state index in [2.05, 4.69) is 4.33 Å². The van der Waals surface area contributed by atoms with Gasteiger partial charge in [-0.3, -0.25) is 0 Å². The molecule has 1 aliphatic rings. The molecule has 0 radical (unpaired) electrons. The van der Waals surface area contributed by atoms with E-state index in [1.165, 1.54) is 12.1 Å². The first-order valence-electron chi connectivity index (χ1n) is 5.72. The van der Waals surface area contributed by atoms with Gasteiger partial charge in [-0.2, -0.15) is 13.3 Å². The van der Waals surface area contributed by atoms with Crippen molar-refractivity contribution in [1.29, 1.82) is 0 Å². The molecule has 0 aromatic heterocycles. The molecular formula is C13H15NO4S. The molecule has 1 heterocycles. The zero-order chi connectivity index (χ0) is 13.9. The van der Waals surface area contributed by atoms with E-state index in [-0.39, 0.29) is 4.90 Å². The zero-order valence-corrected chi connectivity index (χ0v) is 11.5. The molecule has 1 unspecified atom stereocenters. The number of likely N-dealkylation sites (N-methyl/N-ethyl adjacent to an activating group) is 1. The summed E-state index contributed by atoms with van der Waals surface area (Å²) in [4.78, 5) is 6.70. The van der Waals surface area contributed by atoms with Crippen LogP contribution in [-0.2, 0) is 19.3 Å². The van der Waals surface area contributed by atoms with Gasteiger partial charge < -0.3 is 4.90 Å². The molecule has 1 aromatic carbocycles. The van der Waals surface area contributed by atoms with Gasteiger partial charge in [-0.1, -0.05) is 23.8 Å². The van der Waals surface area contributed by atoms with Crippen LogP contribution in [0.1, 0.15) is 5.56 Å². The topological polar surface area (TPSA) is 55.8 Å². The fraction of sp³-hybridized carbons (Fsp3) is 0.231. The van der Waals surface area contributed by atoms with E-state index in [4.69, 9.17) is 4.89 Å². The molecule has 102 valence electrons. The van der Waals surface area contributed by atoms with E-state index in [0.29, 0.717) is 0 Å². The van der Waals surface area contributed by atoms with E-state index in [1.807, 2.05) is 13.0 Å². The van der Waals surface area contributed by atoms with Crippen molar-refractivity contribution >= 4 is 10.1 Å². The van der Waals surface area contributed by atoms with Gasteiger partial charge in [-0.05, 0) is 31.2 Å². The molecule has 1 atom stereocenters. The second-order valence-corrected chi connectivity index (χ2v) is 5.73. The molecule has 0 saturated carbocycles. The maximum atomic E-state index is 11.9. The lowest BCUT2D eigenvalue weighted by Crippen LogP contribution is -2.30. The molecule has 0 amide bonds. The summed E-state index contributed by atoms with van der Waals surface area (Å²) >= 11 is 0. The Kier molecular flexibility index (Phi) is 4.04. The van der Waals surface area contributed by atoms with Crippen LogP contribution in [0.3, 0.4) is 0 Å². The Hall–Kier alpha value is -1.63. The van der Waals surface area contributed by atoms with E-state index in [9.17, 15) is 8.42 Å². The van der Waals surface area contributed by atoms with Gasteiger partial charge in [0.1, 0.15) is 0 Å². The van der Waals surface area contributed by atoms with Crippen molar-refractivity contribution in [3.8, 4) is 0 Å². The van der Waals surface area contributed by atoms with Crippen LogP contribution in [0.4, 0.5) is 0 Å². The van der Waals surface area contributed by atoms with Gasteiger partial charge >= 0.3 is 10.1 Å². The van der Waals surface area contributed by atoms with Crippen molar-refractivity contribution in [2.24, 2.45) is 0 Å². The summed E-state index contributed by atoms with van der Waals surface area (Å²) in [5.74, 6) is 0. The number of nitrogens with zero attached hydrogens (tertiary/aromatic N) is 1. The normalized spacial score (nSPS) is 18.8. The third-order valence-electron chi connectivity index (χ3n) is 2.65. The maximum Gasteiger partial charge on any atom is 0.323 e. The van der Waals surface area contributed by atoms with E-state index < -0.39 is 16.3 Å². The number of benzene rings is 1. The number of aryl methyl sites for hydroxylation is 1. The van der Waals surface area contributed by atoms with Crippen LogP contribution in [0.2, 0.25) is 0 Å². The summed E-state index contributed by atoms with van der Waals surface area (Å²) in [6.45, 7) is 1.88. The Balaban J connectivity index is 2.04. The summed E-state index contributed by atoms with van der Waals surface area (Å²) in [5.41, 5.74) is 0.972. The third-order valence-corrected chi connectivity index (χ3v) is 3.75. The Labute approximate surface area is 112 Å². The number of allylic oxidation sites excluding steroid dienone is 2. The van der Waals surface area contributed by atoms with Gasteiger partial charge in [0.05, 0.1) is 4.90 Å². The van der Waals surface area contributed by atoms with Gasteiger partial charge in [-0.25, -0.2) is 0 Å².